The van der Waals surface area contributed by atoms with Crippen molar-refractivity contribution in [3.63, 3.8) is 0 Å². The number of H-pyrrole nitrogens is 1. The van der Waals surface area contributed by atoms with Crippen LogP contribution < -0.4 is 10.1 Å². The van der Waals surface area contributed by atoms with Crippen molar-refractivity contribution in [1.29, 1.82) is 0 Å². The van der Waals surface area contributed by atoms with E-state index < -0.39 is 6.09 Å². The Bertz CT molecular complexity index is 939. The van der Waals surface area contributed by atoms with Crippen LogP contribution in [0.2, 0.25) is 0 Å². The number of aromatic nitrogens is 2. The Morgan fingerprint density at radius 3 is 2.76 bits per heavy atom. The Morgan fingerprint density at radius 2 is 2.03 bits per heavy atom. The molecule has 0 fully saturated rings. The molecule has 152 valence electrons. The van der Waals surface area contributed by atoms with Crippen molar-refractivity contribution in [3.8, 4) is 16.9 Å². The van der Waals surface area contributed by atoms with E-state index in [9.17, 15) is 4.79 Å². The van der Waals surface area contributed by atoms with E-state index >= 15 is 0 Å². The van der Waals surface area contributed by atoms with E-state index in [2.05, 4.69) is 15.5 Å². The maximum atomic E-state index is 12.3. The molecule has 3 aromatic rings. The van der Waals surface area contributed by atoms with Gasteiger partial charge in [0.05, 0.1) is 11.9 Å². The van der Waals surface area contributed by atoms with Gasteiger partial charge < -0.3 is 14.4 Å². The minimum Gasteiger partial charge on any atom is -0.490 e. The standard InChI is InChI=1S/C22H26N4O3/c1-16-5-4-6-17(11-16)15-29-22(27)25-20-8-7-18(19-13-23-24-14-19)12-21(20)28-10-9-26(2)3/h4-8,11-14H,9-10,15H2,1-3H3,(H,23,24)(H,25,27). The molecule has 0 aliphatic carbocycles. The lowest BCUT2D eigenvalue weighted by Gasteiger charge is -2.16. The Labute approximate surface area is 170 Å². The van der Waals surface area contributed by atoms with Crippen molar-refractivity contribution in [2.24, 2.45) is 0 Å². The number of likely N-dealkylation sites (N-methyl/N-ethyl adjacent to an activating group) is 1. The van der Waals surface area contributed by atoms with Gasteiger partial charge >= 0.3 is 6.09 Å². The van der Waals surface area contributed by atoms with Crippen molar-refractivity contribution in [2.75, 3.05) is 32.6 Å². The summed E-state index contributed by atoms with van der Waals surface area (Å²) in [6, 6.07) is 13.5. The number of benzene rings is 2. The first-order chi connectivity index (χ1) is 14.0. The molecule has 0 saturated carbocycles. The molecule has 0 aliphatic heterocycles. The van der Waals surface area contributed by atoms with E-state index in [-0.39, 0.29) is 6.61 Å². The van der Waals surface area contributed by atoms with E-state index in [0.29, 0.717) is 18.0 Å². The highest BCUT2D eigenvalue weighted by Crippen LogP contribution is 2.31. The first-order valence-corrected chi connectivity index (χ1v) is 9.41. The first kappa shape index (κ1) is 20.4. The van der Waals surface area contributed by atoms with Crippen molar-refractivity contribution < 1.29 is 14.3 Å². The Kier molecular flexibility index (Phi) is 6.86. The SMILES string of the molecule is Cc1cccc(COC(=O)Nc2ccc(-c3cn[nH]c3)cc2OCCN(C)C)c1. The topological polar surface area (TPSA) is 79.5 Å². The second-order valence-corrected chi connectivity index (χ2v) is 7.04. The third kappa shape index (κ3) is 6.08. The summed E-state index contributed by atoms with van der Waals surface area (Å²) in [6.45, 7) is 3.46. The first-order valence-electron chi connectivity index (χ1n) is 9.41. The summed E-state index contributed by atoms with van der Waals surface area (Å²) in [7, 11) is 3.96. The molecule has 2 N–H and O–H groups in total. The highest BCUT2D eigenvalue weighted by atomic mass is 16.5. The normalized spacial score (nSPS) is 10.8. The van der Waals surface area contributed by atoms with E-state index in [1.165, 1.54) is 0 Å². The fourth-order valence-electron chi connectivity index (χ4n) is 2.77. The highest BCUT2D eigenvalue weighted by Gasteiger charge is 2.12. The van der Waals surface area contributed by atoms with Gasteiger partial charge in [-0.25, -0.2) is 4.79 Å². The third-order valence-electron chi connectivity index (χ3n) is 4.30. The van der Waals surface area contributed by atoms with Gasteiger partial charge in [0.15, 0.2) is 0 Å². The summed E-state index contributed by atoms with van der Waals surface area (Å²) in [5.74, 6) is 0.582. The van der Waals surface area contributed by atoms with Crippen LogP contribution >= 0.6 is 0 Å². The molecule has 0 aliphatic rings. The zero-order valence-corrected chi connectivity index (χ0v) is 16.9. The van der Waals surface area contributed by atoms with Crippen molar-refractivity contribution in [3.05, 3.63) is 66.0 Å². The largest absolute Gasteiger partial charge is 0.490 e. The smallest absolute Gasteiger partial charge is 0.412 e. The number of aromatic amines is 1. The number of amides is 1. The van der Waals surface area contributed by atoms with Crippen molar-refractivity contribution in [1.82, 2.24) is 15.1 Å². The average molecular weight is 394 g/mol. The van der Waals surface area contributed by atoms with Gasteiger partial charge in [0.25, 0.3) is 0 Å². The number of carbonyl (C=O) groups is 1. The number of hydrogen-bond acceptors (Lipinski definition) is 5. The lowest BCUT2D eigenvalue weighted by Crippen LogP contribution is -2.20. The fraction of sp³-hybridized carbons (Fsp3) is 0.273. The van der Waals surface area contributed by atoms with Gasteiger partial charge in [-0.3, -0.25) is 10.4 Å². The van der Waals surface area contributed by atoms with Crippen molar-refractivity contribution >= 4 is 11.8 Å². The second-order valence-electron chi connectivity index (χ2n) is 7.04. The van der Waals surface area contributed by atoms with Crippen LogP contribution in [-0.4, -0.2) is 48.4 Å². The van der Waals surface area contributed by atoms with Crippen LogP contribution in [0, 0.1) is 6.92 Å². The minimum atomic E-state index is -0.528. The molecule has 1 aromatic heterocycles. The molecule has 7 heteroatoms. The van der Waals surface area contributed by atoms with E-state index in [1.54, 1.807) is 12.3 Å². The molecule has 1 heterocycles. The number of carbonyl (C=O) groups excluding carboxylic acids is 1. The van der Waals surface area contributed by atoms with Gasteiger partial charge in [0.1, 0.15) is 19.0 Å². The fourth-order valence-corrected chi connectivity index (χ4v) is 2.77. The van der Waals surface area contributed by atoms with Gasteiger partial charge in [-0.05, 0) is 44.3 Å². The van der Waals surface area contributed by atoms with E-state index in [1.807, 2.05) is 68.5 Å². The van der Waals surface area contributed by atoms with Gasteiger partial charge in [-0.15, -0.1) is 0 Å². The van der Waals surface area contributed by atoms with Crippen LogP contribution in [0.25, 0.3) is 11.1 Å². The molecule has 3 rings (SSSR count). The molecule has 1 amide bonds. The molecule has 2 aromatic carbocycles. The number of nitrogens with one attached hydrogen (secondary N) is 2. The molecule has 0 unspecified atom stereocenters. The summed E-state index contributed by atoms with van der Waals surface area (Å²) < 4.78 is 11.3. The monoisotopic (exact) mass is 394 g/mol. The number of aryl methyl sites for hydroxylation is 1. The number of ether oxygens (including phenoxy) is 2. The molecule has 0 saturated heterocycles. The molecular formula is C22H26N4O3. The average Bonchev–Trinajstić information content (AvgIpc) is 3.22. The molecule has 7 nitrogen and oxygen atoms in total. The Morgan fingerprint density at radius 1 is 1.17 bits per heavy atom. The summed E-state index contributed by atoms with van der Waals surface area (Å²) in [6.07, 6.45) is 3.02. The molecule has 0 spiro atoms. The number of anilines is 1. The van der Waals surface area contributed by atoms with Crippen LogP contribution in [0.1, 0.15) is 11.1 Å². The second kappa shape index (κ2) is 9.75. The zero-order valence-electron chi connectivity index (χ0n) is 16.9. The predicted octanol–water partition coefficient (Wildman–Crippen LogP) is 4.07. The van der Waals surface area contributed by atoms with E-state index in [4.69, 9.17) is 9.47 Å². The van der Waals surface area contributed by atoms with Gasteiger partial charge in [-0.2, -0.15) is 5.10 Å². The van der Waals surface area contributed by atoms with Crippen LogP contribution in [-0.2, 0) is 11.3 Å². The van der Waals surface area contributed by atoms with Crippen LogP contribution in [0.3, 0.4) is 0 Å². The number of nitrogens with zero attached hydrogens (tertiary/aromatic N) is 2. The lowest BCUT2D eigenvalue weighted by atomic mass is 10.1. The van der Waals surface area contributed by atoms with Crippen LogP contribution in [0.15, 0.2) is 54.9 Å². The summed E-state index contributed by atoms with van der Waals surface area (Å²) in [5.41, 5.74) is 4.51. The number of hydrogen-bond donors (Lipinski definition) is 2. The minimum absolute atomic E-state index is 0.206. The molecule has 29 heavy (non-hydrogen) atoms. The summed E-state index contributed by atoms with van der Waals surface area (Å²) in [5, 5.41) is 9.57. The number of rotatable bonds is 8. The van der Waals surface area contributed by atoms with Crippen LogP contribution in [0.4, 0.5) is 10.5 Å². The van der Waals surface area contributed by atoms with Crippen molar-refractivity contribution in [2.45, 2.75) is 13.5 Å². The predicted molar refractivity (Wildman–Crippen MR) is 113 cm³/mol. The molecular weight excluding hydrogens is 368 g/mol. The van der Waals surface area contributed by atoms with Gasteiger partial charge in [-0.1, -0.05) is 35.9 Å². The molecule has 0 radical (unpaired) electrons. The van der Waals surface area contributed by atoms with E-state index in [0.717, 1.165) is 28.8 Å². The van der Waals surface area contributed by atoms with Gasteiger partial charge in [0.2, 0.25) is 0 Å². The maximum Gasteiger partial charge on any atom is 0.412 e. The van der Waals surface area contributed by atoms with Gasteiger partial charge in [0, 0.05) is 18.3 Å². The quantitative estimate of drug-likeness (QED) is 0.602. The lowest BCUT2D eigenvalue weighted by molar-refractivity contribution is 0.155. The summed E-state index contributed by atoms with van der Waals surface area (Å²) >= 11 is 0. The molecule has 0 bridgehead atoms. The summed E-state index contributed by atoms with van der Waals surface area (Å²) in [4.78, 5) is 14.3. The Hall–Kier alpha value is -3.32. The molecule has 0 atom stereocenters. The maximum absolute atomic E-state index is 12.3. The van der Waals surface area contributed by atoms with Crippen LogP contribution in [0.5, 0.6) is 5.75 Å². The third-order valence-corrected chi connectivity index (χ3v) is 4.30. The Balaban J connectivity index is 1.69. The zero-order chi connectivity index (χ0) is 20.6. The highest BCUT2D eigenvalue weighted by molar-refractivity contribution is 5.87.